The third-order valence-electron chi connectivity index (χ3n) is 1.72. The fourth-order valence-electron chi connectivity index (χ4n) is 1.06. The summed E-state index contributed by atoms with van der Waals surface area (Å²) >= 11 is 0. The number of hydrogen-bond donors (Lipinski definition) is 2. The molecule has 0 heterocycles. The summed E-state index contributed by atoms with van der Waals surface area (Å²) in [5.74, 6) is -0.326. The van der Waals surface area contributed by atoms with Crippen LogP contribution in [0, 0.1) is 5.82 Å². The topological polar surface area (TPSA) is 41.1 Å². The predicted molar refractivity (Wildman–Crippen MR) is 56.6 cm³/mol. The zero-order valence-corrected chi connectivity index (χ0v) is 8.51. The van der Waals surface area contributed by atoms with Crippen molar-refractivity contribution in [2.45, 2.75) is 13.5 Å². The van der Waals surface area contributed by atoms with Gasteiger partial charge in [-0.1, -0.05) is 24.8 Å². The minimum atomic E-state index is -0.384. The predicted octanol–water partition coefficient (Wildman–Crippen LogP) is 2.16. The minimum absolute atomic E-state index is 0.159. The van der Waals surface area contributed by atoms with Gasteiger partial charge in [0.25, 0.3) is 0 Å². The molecule has 0 aliphatic carbocycles. The molecule has 0 bridgehead atoms. The van der Waals surface area contributed by atoms with Crippen LogP contribution in [0.4, 0.5) is 9.18 Å². The quantitative estimate of drug-likeness (QED) is 0.785. The van der Waals surface area contributed by atoms with Gasteiger partial charge < -0.3 is 10.6 Å². The zero-order valence-electron chi connectivity index (χ0n) is 8.51. The van der Waals surface area contributed by atoms with Crippen LogP contribution < -0.4 is 10.6 Å². The Morgan fingerprint density at radius 2 is 2.13 bits per heavy atom. The summed E-state index contributed by atoms with van der Waals surface area (Å²) in [4.78, 5) is 11.1. The molecule has 80 valence electrons. The van der Waals surface area contributed by atoms with Gasteiger partial charge in [-0.05, 0) is 13.0 Å². The summed E-state index contributed by atoms with van der Waals surface area (Å²) in [6.45, 7) is 5.35. The second-order valence-corrected chi connectivity index (χ2v) is 3.18. The molecule has 0 spiro atoms. The van der Waals surface area contributed by atoms with Crippen LogP contribution in [0.2, 0.25) is 0 Å². The molecule has 4 heteroatoms. The fourth-order valence-corrected chi connectivity index (χ4v) is 1.06. The molecule has 3 nitrogen and oxygen atoms in total. The van der Waals surface area contributed by atoms with Crippen LogP contribution >= 0.6 is 0 Å². The summed E-state index contributed by atoms with van der Waals surface area (Å²) in [5, 5.41) is 4.99. The summed E-state index contributed by atoms with van der Waals surface area (Å²) < 4.78 is 13.1. The maximum Gasteiger partial charge on any atom is 0.319 e. The van der Waals surface area contributed by atoms with Gasteiger partial charge in [0.1, 0.15) is 5.82 Å². The first-order chi connectivity index (χ1) is 7.09. The number of urea groups is 1. The average molecular weight is 208 g/mol. The molecule has 2 N–H and O–H groups in total. The molecule has 0 aromatic heterocycles. The van der Waals surface area contributed by atoms with E-state index in [9.17, 15) is 9.18 Å². The van der Waals surface area contributed by atoms with Crippen molar-refractivity contribution in [3.05, 3.63) is 47.9 Å². The van der Waals surface area contributed by atoms with Gasteiger partial charge in [-0.25, -0.2) is 9.18 Å². The number of nitrogens with one attached hydrogen (secondary N) is 2. The maximum absolute atomic E-state index is 13.1. The highest BCUT2D eigenvalue weighted by Gasteiger charge is 2.03. The lowest BCUT2D eigenvalue weighted by Crippen LogP contribution is -2.33. The molecule has 1 aromatic rings. The van der Waals surface area contributed by atoms with Crippen molar-refractivity contribution in [3.8, 4) is 0 Å². The normalized spacial score (nSPS) is 9.47. The number of halogens is 1. The summed E-state index contributed by atoms with van der Waals surface area (Å²) in [7, 11) is 0. The number of hydrogen-bond acceptors (Lipinski definition) is 1. The second-order valence-electron chi connectivity index (χ2n) is 3.18. The molecule has 0 aliphatic heterocycles. The smallest absolute Gasteiger partial charge is 0.319 e. The van der Waals surface area contributed by atoms with E-state index >= 15 is 0 Å². The Labute approximate surface area is 88.0 Å². The first-order valence-electron chi connectivity index (χ1n) is 4.53. The minimum Gasteiger partial charge on any atom is -0.334 e. The molecule has 0 atom stereocenters. The van der Waals surface area contributed by atoms with Gasteiger partial charge in [-0.3, -0.25) is 0 Å². The molecule has 0 unspecified atom stereocenters. The molecule has 0 radical (unpaired) electrons. The van der Waals surface area contributed by atoms with Crippen LogP contribution in [0.1, 0.15) is 12.5 Å². The average Bonchev–Trinajstić information content (AvgIpc) is 2.15. The van der Waals surface area contributed by atoms with E-state index in [0.29, 0.717) is 11.3 Å². The lowest BCUT2D eigenvalue weighted by Gasteiger charge is -2.07. The first kappa shape index (κ1) is 11.2. The van der Waals surface area contributed by atoms with E-state index in [1.807, 2.05) is 0 Å². The number of benzene rings is 1. The van der Waals surface area contributed by atoms with Gasteiger partial charge in [0.05, 0.1) is 0 Å². The molecule has 1 aromatic carbocycles. The summed E-state index contributed by atoms with van der Waals surface area (Å²) in [6.07, 6.45) is 0. The Bertz CT molecular complexity index is 377. The van der Waals surface area contributed by atoms with Gasteiger partial charge in [-0.15, -0.1) is 0 Å². The van der Waals surface area contributed by atoms with E-state index in [0.717, 1.165) is 0 Å². The monoisotopic (exact) mass is 208 g/mol. The lowest BCUT2D eigenvalue weighted by molar-refractivity contribution is 0.243. The molecular weight excluding hydrogens is 195 g/mol. The number of carbonyl (C=O) groups excluding carboxylic acids is 1. The van der Waals surface area contributed by atoms with Crippen LogP contribution in [0.3, 0.4) is 0 Å². The molecule has 0 fully saturated rings. The molecule has 0 saturated carbocycles. The Balaban J connectivity index is 2.47. The van der Waals surface area contributed by atoms with Gasteiger partial charge in [-0.2, -0.15) is 0 Å². The van der Waals surface area contributed by atoms with E-state index in [4.69, 9.17) is 0 Å². The number of rotatable bonds is 3. The third kappa shape index (κ3) is 3.81. The van der Waals surface area contributed by atoms with Crippen LogP contribution in [-0.2, 0) is 6.54 Å². The van der Waals surface area contributed by atoms with Crippen LogP contribution in [0.15, 0.2) is 36.5 Å². The highest BCUT2D eigenvalue weighted by Crippen LogP contribution is 2.05. The van der Waals surface area contributed by atoms with Crippen LogP contribution in [-0.4, -0.2) is 6.03 Å². The van der Waals surface area contributed by atoms with Gasteiger partial charge in [0.15, 0.2) is 0 Å². The van der Waals surface area contributed by atoms with Crippen molar-refractivity contribution >= 4 is 6.03 Å². The van der Waals surface area contributed by atoms with E-state index in [-0.39, 0.29) is 18.4 Å². The molecule has 0 aliphatic rings. The Kier molecular flexibility index (Phi) is 3.85. The van der Waals surface area contributed by atoms with Crippen molar-refractivity contribution in [3.63, 3.8) is 0 Å². The van der Waals surface area contributed by atoms with Gasteiger partial charge in [0, 0.05) is 17.8 Å². The Morgan fingerprint density at radius 3 is 2.73 bits per heavy atom. The van der Waals surface area contributed by atoms with Crippen molar-refractivity contribution < 1.29 is 9.18 Å². The molecule has 0 saturated heterocycles. The lowest BCUT2D eigenvalue weighted by atomic mass is 10.2. The zero-order chi connectivity index (χ0) is 11.3. The highest BCUT2D eigenvalue weighted by molar-refractivity contribution is 5.75. The highest BCUT2D eigenvalue weighted by atomic mass is 19.1. The third-order valence-corrected chi connectivity index (χ3v) is 1.72. The molecule has 1 rings (SSSR count). The van der Waals surface area contributed by atoms with E-state index in [2.05, 4.69) is 17.2 Å². The molecule has 2 amide bonds. The van der Waals surface area contributed by atoms with Gasteiger partial charge in [0.2, 0.25) is 0 Å². The van der Waals surface area contributed by atoms with E-state index in [1.54, 1.807) is 25.1 Å². The molecule has 15 heavy (non-hydrogen) atoms. The fraction of sp³-hybridized carbons (Fsp3) is 0.182. The number of carbonyl (C=O) groups is 1. The largest absolute Gasteiger partial charge is 0.334 e. The summed E-state index contributed by atoms with van der Waals surface area (Å²) in [5.41, 5.74) is 0.996. The summed E-state index contributed by atoms with van der Waals surface area (Å²) in [6, 6.07) is 5.92. The maximum atomic E-state index is 13.1. The van der Waals surface area contributed by atoms with E-state index < -0.39 is 0 Å². The van der Waals surface area contributed by atoms with Crippen molar-refractivity contribution in [1.82, 2.24) is 10.6 Å². The van der Waals surface area contributed by atoms with Crippen molar-refractivity contribution in [2.75, 3.05) is 0 Å². The Hall–Kier alpha value is -1.84. The Morgan fingerprint density at radius 1 is 1.47 bits per heavy atom. The second kappa shape index (κ2) is 5.14. The number of amides is 2. The van der Waals surface area contributed by atoms with Crippen LogP contribution in [0.25, 0.3) is 0 Å². The van der Waals surface area contributed by atoms with Crippen LogP contribution in [0.5, 0.6) is 0 Å². The van der Waals surface area contributed by atoms with Crippen molar-refractivity contribution in [1.29, 1.82) is 0 Å². The molecular formula is C11H13FN2O. The van der Waals surface area contributed by atoms with Gasteiger partial charge >= 0.3 is 6.03 Å². The van der Waals surface area contributed by atoms with E-state index in [1.165, 1.54) is 6.07 Å². The first-order valence-corrected chi connectivity index (χ1v) is 4.53. The standard InChI is InChI=1S/C11H13FN2O/c1-8(2)14-11(15)13-7-9-5-3-4-6-10(9)12/h3-6H,1,7H2,2H3,(H2,13,14,15). The number of allylic oxidation sites excluding steroid dienone is 1. The van der Waals surface area contributed by atoms with Crippen molar-refractivity contribution in [2.24, 2.45) is 0 Å². The SMILES string of the molecule is C=C(C)NC(=O)NCc1ccccc1F.